The van der Waals surface area contributed by atoms with E-state index in [9.17, 15) is 0 Å². The summed E-state index contributed by atoms with van der Waals surface area (Å²) in [6, 6.07) is 49.1. The van der Waals surface area contributed by atoms with E-state index >= 15 is 0 Å². The normalized spacial score (nSPS) is 15.6. The van der Waals surface area contributed by atoms with Gasteiger partial charge in [0.25, 0.3) is 0 Å². The average molecular weight is 706 g/mol. The molecule has 0 amide bonds. The molecule has 0 saturated heterocycles. The third kappa shape index (κ3) is 4.78. The van der Waals surface area contributed by atoms with Crippen molar-refractivity contribution in [3.63, 3.8) is 0 Å². The Morgan fingerprint density at radius 3 is 1.18 bits per heavy atom. The van der Waals surface area contributed by atoms with Gasteiger partial charge in [0.2, 0.25) is 0 Å². The SMILES string of the molecule is C(=C1CCCCC1)c1ccc(N(c2ccc(C=C3CCCCC3)cc2)c2c3cccc4c5cccc6cc7cccc8c9cccc2c9c(c34)c(c65)c78)cc1. The Morgan fingerprint density at radius 1 is 0.345 bits per heavy atom. The van der Waals surface area contributed by atoms with Crippen LogP contribution in [0.4, 0.5) is 17.1 Å². The molecule has 2 saturated carbocycles. The summed E-state index contributed by atoms with van der Waals surface area (Å²) in [6.07, 6.45) is 17.8. The molecule has 0 atom stereocenters. The second-order valence-electron chi connectivity index (χ2n) is 16.5. The lowest BCUT2D eigenvalue weighted by molar-refractivity contribution is 0.602. The third-order valence-corrected chi connectivity index (χ3v) is 13.2. The summed E-state index contributed by atoms with van der Waals surface area (Å²) in [7, 11) is 0. The predicted octanol–water partition coefficient (Wildman–Crippen LogP) is 16.2. The van der Waals surface area contributed by atoms with Gasteiger partial charge in [0, 0.05) is 38.3 Å². The summed E-state index contributed by atoms with van der Waals surface area (Å²) in [5.41, 5.74) is 9.44. The van der Waals surface area contributed by atoms with Crippen LogP contribution in [-0.2, 0) is 0 Å². The molecule has 0 bridgehead atoms. The Bertz CT molecular complexity index is 2900. The number of allylic oxidation sites excluding steroid dienone is 2. The van der Waals surface area contributed by atoms with Crippen molar-refractivity contribution in [2.45, 2.75) is 64.2 Å². The summed E-state index contributed by atoms with van der Waals surface area (Å²) in [6.45, 7) is 0. The number of fused-ring (bicyclic) bond motifs is 2. The number of anilines is 3. The molecular formula is C54H43N. The molecule has 0 spiro atoms. The molecule has 1 heteroatoms. The molecular weight excluding hydrogens is 663 g/mol. The topological polar surface area (TPSA) is 3.24 Å². The van der Waals surface area contributed by atoms with Gasteiger partial charge in [-0.05, 0) is 141 Å². The first kappa shape index (κ1) is 31.4. The quantitative estimate of drug-likeness (QED) is 0.127. The minimum atomic E-state index is 1.19. The monoisotopic (exact) mass is 705 g/mol. The van der Waals surface area contributed by atoms with E-state index in [1.807, 2.05) is 0 Å². The van der Waals surface area contributed by atoms with E-state index in [-0.39, 0.29) is 0 Å². The lowest BCUT2D eigenvalue weighted by atomic mass is 9.80. The maximum atomic E-state index is 2.56. The summed E-state index contributed by atoms with van der Waals surface area (Å²) in [5, 5.41) is 19.0. The standard InChI is InChI=1S/C54H43N/c1-3-11-34(12-4-1)31-36-23-27-40(28-24-36)55(41-29-25-37(26-30-41)32-35-13-5-2-6-14-35)54-46-21-9-19-44-42-17-7-15-38-33-39-16-8-18-43-45-20-10-22-47(54)51(45)53(50(44)46)52(48(38)42)49(39)43/h7-10,15-33H,1-6,11-14H2. The van der Waals surface area contributed by atoms with Crippen LogP contribution in [0.1, 0.15) is 75.3 Å². The Kier molecular flexibility index (Phi) is 7.03. The maximum Gasteiger partial charge on any atom is 0.0619 e. The molecule has 10 aromatic carbocycles. The average Bonchev–Trinajstić information content (AvgIpc) is 3.24. The van der Waals surface area contributed by atoms with Crippen molar-refractivity contribution in [2.24, 2.45) is 0 Å². The van der Waals surface area contributed by atoms with Crippen molar-refractivity contribution in [3.8, 4) is 0 Å². The van der Waals surface area contributed by atoms with Gasteiger partial charge in [-0.15, -0.1) is 0 Å². The molecule has 0 aromatic heterocycles. The molecule has 1 nitrogen and oxygen atoms in total. The summed E-state index contributed by atoms with van der Waals surface area (Å²) in [5.74, 6) is 0. The van der Waals surface area contributed by atoms with Gasteiger partial charge >= 0.3 is 0 Å². The highest BCUT2D eigenvalue weighted by Crippen LogP contribution is 2.55. The van der Waals surface area contributed by atoms with Crippen LogP contribution in [0.3, 0.4) is 0 Å². The number of rotatable bonds is 5. The molecule has 0 N–H and O–H groups in total. The number of hydrogen-bond donors (Lipinski definition) is 0. The van der Waals surface area contributed by atoms with Crippen molar-refractivity contribution < 1.29 is 0 Å². The van der Waals surface area contributed by atoms with Gasteiger partial charge in [-0.2, -0.15) is 0 Å². The zero-order valence-corrected chi connectivity index (χ0v) is 31.3. The molecule has 12 rings (SSSR count). The van der Waals surface area contributed by atoms with E-state index in [1.165, 1.54) is 168 Å². The first-order valence-corrected chi connectivity index (χ1v) is 20.7. The number of hydrogen-bond acceptors (Lipinski definition) is 1. The molecule has 2 aliphatic rings. The van der Waals surface area contributed by atoms with E-state index in [1.54, 1.807) is 11.1 Å². The van der Waals surface area contributed by atoms with Crippen LogP contribution in [-0.4, -0.2) is 0 Å². The summed E-state index contributed by atoms with van der Waals surface area (Å²) >= 11 is 0. The molecule has 2 aliphatic carbocycles. The second kappa shape index (κ2) is 12.3. The molecule has 0 radical (unpaired) electrons. The van der Waals surface area contributed by atoms with E-state index in [4.69, 9.17) is 0 Å². The van der Waals surface area contributed by atoms with E-state index in [0.717, 1.165) is 0 Å². The van der Waals surface area contributed by atoms with E-state index in [2.05, 4.69) is 144 Å². The number of benzene rings is 10. The van der Waals surface area contributed by atoms with Crippen LogP contribution < -0.4 is 4.90 Å². The third-order valence-electron chi connectivity index (χ3n) is 13.2. The largest absolute Gasteiger partial charge is 0.309 e. The lowest BCUT2D eigenvalue weighted by Gasteiger charge is -2.31. The van der Waals surface area contributed by atoms with Gasteiger partial charge in [-0.3, -0.25) is 0 Å². The molecule has 2 fully saturated rings. The van der Waals surface area contributed by atoms with Crippen molar-refractivity contribution in [1.29, 1.82) is 0 Å². The van der Waals surface area contributed by atoms with Gasteiger partial charge in [0.15, 0.2) is 0 Å². The molecule has 0 unspecified atom stereocenters. The molecule has 55 heavy (non-hydrogen) atoms. The van der Waals surface area contributed by atoms with Crippen LogP contribution in [0.5, 0.6) is 0 Å². The molecule has 0 aliphatic heterocycles. The van der Waals surface area contributed by atoms with Crippen molar-refractivity contribution >= 4 is 105 Å². The van der Waals surface area contributed by atoms with Gasteiger partial charge in [-0.1, -0.05) is 133 Å². The zero-order valence-electron chi connectivity index (χ0n) is 31.3. The van der Waals surface area contributed by atoms with Crippen molar-refractivity contribution in [1.82, 2.24) is 0 Å². The van der Waals surface area contributed by atoms with Crippen LogP contribution in [0, 0.1) is 0 Å². The smallest absolute Gasteiger partial charge is 0.0619 e. The van der Waals surface area contributed by atoms with Crippen LogP contribution in [0.2, 0.25) is 0 Å². The Morgan fingerprint density at radius 2 is 0.727 bits per heavy atom. The van der Waals surface area contributed by atoms with E-state index in [0.29, 0.717) is 0 Å². The van der Waals surface area contributed by atoms with Crippen LogP contribution in [0.25, 0.3) is 87.6 Å². The van der Waals surface area contributed by atoms with Crippen LogP contribution >= 0.6 is 0 Å². The first-order valence-electron chi connectivity index (χ1n) is 20.7. The molecule has 0 heterocycles. The predicted molar refractivity (Wildman–Crippen MR) is 239 cm³/mol. The summed E-state index contributed by atoms with van der Waals surface area (Å²) < 4.78 is 0. The van der Waals surface area contributed by atoms with Crippen LogP contribution in [0.15, 0.2) is 139 Å². The first-order chi connectivity index (χ1) is 27.3. The highest BCUT2D eigenvalue weighted by Gasteiger charge is 2.27. The number of nitrogens with zero attached hydrogens (tertiary/aromatic N) is 1. The lowest BCUT2D eigenvalue weighted by Crippen LogP contribution is -2.12. The van der Waals surface area contributed by atoms with Gasteiger partial charge in [0.1, 0.15) is 0 Å². The zero-order chi connectivity index (χ0) is 36.0. The minimum absolute atomic E-state index is 1.19. The Labute approximate surface area is 322 Å². The minimum Gasteiger partial charge on any atom is -0.309 e. The van der Waals surface area contributed by atoms with Gasteiger partial charge < -0.3 is 4.90 Å². The fourth-order valence-electron chi connectivity index (χ4n) is 10.8. The Balaban J connectivity index is 1.17. The van der Waals surface area contributed by atoms with E-state index < -0.39 is 0 Å². The Hall–Kier alpha value is -5.92. The fourth-order valence-corrected chi connectivity index (χ4v) is 10.8. The van der Waals surface area contributed by atoms with Gasteiger partial charge in [-0.25, -0.2) is 0 Å². The van der Waals surface area contributed by atoms with Crippen molar-refractivity contribution in [2.75, 3.05) is 4.90 Å². The highest BCUT2D eigenvalue weighted by molar-refractivity contribution is 6.50. The van der Waals surface area contributed by atoms with Gasteiger partial charge in [0.05, 0.1) is 5.69 Å². The molecule has 10 aromatic rings. The molecule has 264 valence electrons. The fraction of sp³-hybridized carbons (Fsp3) is 0.185. The maximum absolute atomic E-state index is 2.56. The second-order valence-corrected chi connectivity index (χ2v) is 16.5. The highest BCUT2D eigenvalue weighted by atomic mass is 15.1. The van der Waals surface area contributed by atoms with Crippen molar-refractivity contribution in [3.05, 3.63) is 150 Å². The summed E-state index contributed by atoms with van der Waals surface area (Å²) in [4.78, 5) is 2.56.